The number of para-hydroxylation sites is 2. The number of nitrogens with zero attached hydrogens (tertiary/aromatic N) is 1. The van der Waals surface area contributed by atoms with Gasteiger partial charge in [-0.05, 0) is 81.4 Å². The molecule has 2 heteroatoms. The molecule has 0 N–H and O–H groups in total. The number of hydrogen-bond acceptors (Lipinski definition) is 2. The van der Waals surface area contributed by atoms with Gasteiger partial charge in [-0.3, -0.25) is 0 Å². The van der Waals surface area contributed by atoms with Crippen LogP contribution in [0.2, 0.25) is 0 Å². The lowest BCUT2D eigenvalue weighted by molar-refractivity contribution is 0.667. The number of benzene rings is 8. The minimum atomic E-state index is -0.542. The van der Waals surface area contributed by atoms with E-state index in [1.54, 1.807) is 0 Å². The van der Waals surface area contributed by atoms with Gasteiger partial charge in [0.05, 0.1) is 11.1 Å². The van der Waals surface area contributed by atoms with Gasteiger partial charge in [-0.15, -0.1) is 0 Å². The second kappa shape index (κ2) is 11.8. The van der Waals surface area contributed by atoms with Crippen molar-refractivity contribution in [1.82, 2.24) is 0 Å². The summed E-state index contributed by atoms with van der Waals surface area (Å²) in [6.07, 6.45) is 0. The van der Waals surface area contributed by atoms with Crippen LogP contribution in [0.1, 0.15) is 22.3 Å². The van der Waals surface area contributed by atoms with E-state index < -0.39 is 5.41 Å². The maximum Gasteiger partial charge on any atom is 0.135 e. The molecule has 0 bridgehead atoms. The van der Waals surface area contributed by atoms with Gasteiger partial charge in [0.25, 0.3) is 0 Å². The van der Waals surface area contributed by atoms with Crippen molar-refractivity contribution >= 4 is 39.0 Å². The highest BCUT2D eigenvalue weighted by molar-refractivity contribution is 6.10. The fourth-order valence-electron chi connectivity index (χ4n) is 8.48. The first kappa shape index (κ1) is 29.3. The lowest BCUT2D eigenvalue weighted by Gasteiger charge is -2.34. The van der Waals surface area contributed by atoms with Gasteiger partial charge in [-0.1, -0.05) is 158 Å². The van der Waals surface area contributed by atoms with Crippen molar-refractivity contribution < 1.29 is 4.42 Å². The molecular formula is C49H33NO. The second-order valence-corrected chi connectivity index (χ2v) is 13.2. The summed E-state index contributed by atoms with van der Waals surface area (Å²) in [7, 11) is 0. The van der Waals surface area contributed by atoms with E-state index in [-0.39, 0.29) is 0 Å². The van der Waals surface area contributed by atoms with Crippen molar-refractivity contribution in [2.24, 2.45) is 0 Å². The van der Waals surface area contributed by atoms with Crippen molar-refractivity contribution in [3.63, 3.8) is 0 Å². The first-order valence-electron chi connectivity index (χ1n) is 17.5. The van der Waals surface area contributed by atoms with Gasteiger partial charge in [-0.2, -0.15) is 0 Å². The Hall–Kier alpha value is -6.64. The Morgan fingerprint density at radius 1 is 0.392 bits per heavy atom. The van der Waals surface area contributed by atoms with Crippen LogP contribution in [0.4, 0.5) is 17.1 Å². The van der Waals surface area contributed by atoms with Crippen LogP contribution in [-0.2, 0) is 5.41 Å². The first-order chi connectivity index (χ1) is 25.3. The Kier molecular flexibility index (Phi) is 6.75. The monoisotopic (exact) mass is 651 g/mol. The summed E-state index contributed by atoms with van der Waals surface area (Å²) in [6, 6.07) is 72.0. The maximum absolute atomic E-state index is 6.73. The predicted molar refractivity (Wildman–Crippen MR) is 211 cm³/mol. The molecule has 0 atom stereocenters. The van der Waals surface area contributed by atoms with Crippen LogP contribution < -0.4 is 4.90 Å². The topological polar surface area (TPSA) is 16.4 Å². The molecule has 0 amide bonds. The zero-order chi connectivity index (χ0) is 33.8. The van der Waals surface area contributed by atoms with E-state index in [1.165, 1.54) is 44.5 Å². The molecule has 1 aromatic heterocycles. The summed E-state index contributed by atoms with van der Waals surface area (Å²) in [4.78, 5) is 2.37. The van der Waals surface area contributed by atoms with E-state index in [0.29, 0.717) is 0 Å². The molecule has 0 saturated heterocycles. The Bertz CT molecular complexity index is 2650. The average molecular weight is 652 g/mol. The van der Waals surface area contributed by atoms with E-state index in [0.717, 1.165) is 39.0 Å². The molecule has 240 valence electrons. The first-order valence-corrected chi connectivity index (χ1v) is 17.5. The molecule has 51 heavy (non-hydrogen) atoms. The summed E-state index contributed by atoms with van der Waals surface area (Å²) in [6.45, 7) is 0. The quantitative estimate of drug-likeness (QED) is 0.178. The van der Waals surface area contributed by atoms with Gasteiger partial charge in [-0.25, -0.2) is 0 Å². The molecule has 0 saturated carbocycles. The molecular weight excluding hydrogens is 619 g/mol. The van der Waals surface area contributed by atoms with Gasteiger partial charge in [0.15, 0.2) is 0 Å². The lowest BCUT2D eigenvalue weighted by Crippen LogP contribution is -2.28. The van der Waals surface area contributed by atoms with Gasteiger partial charge >= 0.3 is 0 Å². The van der Waals surface area contributed by atoms with Gasteiger partial charge in [0.2, 0.25) is 0 Å². The van der Waals surface area contributed by atoms with Gasteiger partial charge in [0, 0.05) is 27.7 Å². The van der Waals surface area contributed by atoms with E-state index in [4.69, 9.17) is 4.42 Å². The van der Waals surface area contributed by atoms with Crippen LogP contribution in [0.3, 0.4) is 0 Å². The van der Waals surface area contributed by atoms with Crippen molar-refractivity contribution in [2.45, 2.75) is 5.41 Å². The highest BCUT2D eigenvalue weighted by Crippen LogP contribution is 2.58. The molecule has 10 rings (SSSR count). The van der Waals surface area contributed by atoms with Crippen molar-refractivity contribution in [3.05, 3.63) is 222 Å². The Morgan fingerprint density at radius 3 is 1.67 bits per heavy atom. The molecule has 9 aromatic rings. The van der Waals surface area contributed by atoms with Gasteiger partial charge in [0.1, 0.15) is 11.2 Å². The zero-order valence-electron chi connectivity index (χ0n) is 27.9. The highest BCUT2D eigenvalue weighted by atomic mass is 16.3. The number of furan rings is 1. The molecule has 1 aliphatic rings. The van der Waals surface area contributed by atoms with Crippen LogP contribution in [0.15, 0.2) is 205 Å². The molecule has 0 fully saturated rings. The van der Waals surface area contributed by atoms with Crippen LogP contribution in [-0.4, -0.2) is 0 Å². The van der Waals surface area contributed by atoms with Crippen LogP contribution in [0.25, 0.3) is 44.2 Å². The van der Waals surface area contributed by atoms with Crippen LogP contribution in [0, 0.1) is 0 Å². The molecule has 1 heterocycles. The third-order valence-electron chi connectivity index (χ3n) is 10.5. The molecule has 0 aliphatic heterocycles. The normalized spacial score (nSPS) is 12.9. The minimum Gasteiger partial charge on any atom is -0.456 e. The summed E-state index contributed by atoms with van der Waals surface area (Å²) in [5, 5.41) is 2.22. The molecule has 0 radical (unpaired) electrons. The smallest absolute Gasteiger partial charge is 0.135 e. The Morgan fingerprint density at radius 2 is 0.961 bits per heavy atom. The Balaban J connectivity index is 1.28. The van der Waals surface area contributed by atoms with Crippen molar-refractivity contribution in [2.75, 3.05) is 4.90 Å². The van der Waals surface area contributed by atoms with Crippen molar-refractivity contribution in [3.8, 4) is 22.3 Å². The van der Waals surface area contributed by atoms with Crippen molar-refractivity contribution in [1.29, 1.82) is 0 Å². The molecule has 0 spiro atoms. The van der Waals surface area contributed by atoms with Crippen LogP contribution >= 0.6 is 0 Å². The van der Waals surface area contributed by atoms with Gasteiger partial charge < -0.3 is 9.32 Å². The molecule has 1 aliphatic carbocycles. The fraction of sp³-hybridized carbons (Fsp3) is 0.0204. The lowest BCUT2D eigenvalue weighted by atomic mass is 9.66. The maximum atomic E-state index is 6.73. The highest BCUT2D eigenvalue weighted by Gasteiger charge is 2.47. The average Bonchev–Trinajstić information content (AvgIpc) is 3.73. The summed E-state index contributed by atoms with van der Waals surface area (Å²) in [5.74, 6) is 0. The summed E-state index contributed by atoms with van der Waals surface area (Å²) < 4.78 is 6.73. The number of hydrogen-bond donors (Lipinski definition) is 0. The summed E-state index contributed by atoms with van der Waals surface area (Å²) >= 11 is 0. The predicted octanol–water partition coefficient (Wildman–Crippen LogP) is 13.1. The van der Waals surface area contributed by atoms with Crippen LogP contribution in [0.5, 0.6) is 0 Å². The molecule has 2 nitrogen and oxygen atoms in total. The third kappa shape index (κ3) is 4.43. The van der Waals surface area contributed by atoms with E-state index in [2.05, 4.69) is 205 Å². The van der Waals surface area contributed by atoms with E-state index in [1.807, 2.05) is 0 Å². The third-order valence-corrected chi connectivity index (χ3v) is 10.5. The standard InChI is InChI=1S/C49H33NO/c1-4-17-34(18-5-1)38-23-12-15-29-45(38)50(36-21-8-3-9-22-36)37-31-32-46-41(33-37)48-44(28-16-30-47(48)51-46)49(35-19-6-2-7-20-35)42-26-13-10-24-39(42)40-25-11-14-27-43(40)49/h1-33H. The second-order valence-electron chi connectivity index (χ2n) is 13.2. The number of rotatable bonds is 6. The minimum absolute atomic E-state index is 0.542. The number of anilines is 3. The summed E-state index contributed by atoms with van der Waals surface area (Å²) in [5.41, 5.74) is 14.4. The molecule has 0 unspecified atom stereocenters. The largest absolute Gasteiger partial charge is 0.456 e. The molecule has 8 aromatic carbocycles. The fourth-order valence-corrected chi connectivity index (χ4v) is 8.48. The zero-order valence-corrected chi connectivity index (χ0v) is 27.9. The number of fused-ring (bicyclic) bond motifs is 6. The van der Waals surface area contributed by atoms with E-state index in [9.17, 15) is 0 Å². The SMILES string of the molecule is c1ccc(-c2ccccc2N(c2ccccc2)c2ccc3oc4cccc(C5(c6ccccc6)c6ccccc6-c6ccccc65)c4c3c2)cc1. The van der Waals surface area contributed by atoms with E-state index >= 15 is 0 Å². The Labute approximate surface area is 297 Å².